The van der Waals surface area contributed by atoms with Crippen LogP contribution >= 0.6 is 15.9 Å². The number of rotatable bonds is 1. The highest BCUT2D eigenvalue weighted by molar-refractivity contribution is 9.10. The average Bonchev–Trinajstić information content (AvgIpc) is 2.62. The molecule has 1 heterocycles. The van der Waals surface area contributed by atoms with Crippen molar-refractivity contribution >= 4 is 21.6 Å². The summed E-state index contributed by atoms with van der Waals surface area (Å²) in [7, 11) is 0. The molecule has 0 amide bonds. The van der Waals surface area contributed by atoms with Crippen LogP contribution in [0, 0.1) is 21.7 Å². The van der Waals surface area contributed by atoms with Gasteiger partial charge in [-0.2, -0.15) is 8.78 Å². The fourth-order valence-corrected chi connectivity index (χ4v) is 2.03. The summed E-state index contributed by atoms with van der Waals surface area (Å²) in [6.07, 6.45) is 0.335. The van der Waals surface area contributed by atoms with Crippen molar-refractivity contribution in [3.63, 3.8) is 0 Å². The Morgan fingerprint density at radius 2 is 2.07 bits per heavy atom. The van der Waals surface area contributed by atoms with Gasteiger partial charge in [-0.15, -0.1) is 0 Å². The molecule has 1 aromatic carbocycles. The molecule has 0 bridgehead atoms. The van der Waals surface area contributed by atoms with E-state index in [1.165, 1.54) is 0 Å². The molecule has 0 atom stereocenters. The highest BCUT2D eigenvalue weighted by Crippen LogP contribution is 2.41. The predicted octanol–water partition coefficient (Wildman–Crippen LogP) is 2.57. The molecule has 2 rings (SSSR count). The molecule has 1 aromatic rings. The number of nitrogens with zero attached hydrogens (tertiary/aromatic N) is 1. The van der Waals surface area contributed by atoms with Gasteiger partial charge in [0, 0.05) is 12.0 Å². The van der Waals surface area contributed by atoms with Crippen LogP contribution < -0.4 is 4.74 Å². The molecule has 0 aromatic heterocycles. The Bertz CT molecular complexity index is 464. The van der Waals surface area contributed by atoms with Gasteiger partial charge in [-0.25, -0.2) is 0 Å². The fourth-order valence-electron chi connectivity index (χ4n) is 1.46. The van der Waals surface area contributed by atoms with Gasteiger partial charge in [0.25, 0.3) is 0 Å². The van der Waals surface area contributed by atoms with Crippen molar-refractivity contribution in [3.8, 4) is 5.75 Å². The quantitative estimate of drug-likeness (QED) is 0.451. The first-order chi connectivity index (χ1) is 7.04. The third-order valence-corrected chi connectivity index (χ3v) is 2.95. The maximum atomic E-state index is 13.4. The highest BCUT2D eigenvalue weighted by atomic mass is 79.9. The first-order valence-corrected chi connectivity index (χ1v) is 4.80. The lowest BCUT2D eigenvalue weighted by molar-refractivity contribution is -0.390. The summed E-state index contributed by atoms with van der Waals surface area (Å²) in [5, 5.41) is 10.4. The summed E-state index contributed by atoms with van der Waals surface area (Å²) in [5.74, 6) is -2.66. The molecule has 0 radical (unpaired) electrons. The predicted molar refractivity (Wildman–Crippen MR) is 49.9 cm³/mol. The van der Waals surface area contributed by atoms with E-state index in [1.807, 2.05) is 0 Å². The smallest absolute Gasteiger partial charge is 0.345 e. The molecule has 80 valence electrons. The van der Waals surface area contributed by atoms with E-state index in [9.17, 15) is 18.9 Å². The summed E-state index contributed by atoms with van der Waals surface area (Å²) in [6.45, 7) is 0.200. The third kappa shape index (κ3) is 1.38. The van der Waals surface area contributed by atoms with Crippen LogP contribution in [0.5, 0.6) is 5.75 Å². The van der Waals surface area contributed by atoms with Crippen molar-refractivity contribution in [2.24, 2.45) is 0 Å². The largest absolute Gasteiger partial charge is 0.490 e. The molecular formula is C8H4BrF2NO3. The van der Waals surface area contributed by atoms with Gasteiger partial charge in [-0.05, 0) is 15.9 Å². The third-order valence-electron chi connectivity index (χ3n) is 2.13. The number of nitro benzene ring substituents is 1. The Labute approximate surface area is 91.1 Å². The standard InChI is InChI=1S/C8H4BrF2NO3/c9-4-3-1-2-15-8(3)6(11)7(5(4)10)12(13)14/h1-2H2. The lowest BCUT2D eigenvalue weighted by Gasteiger charge is -2.05. The minimum Gasteiger partial charge on any atom is -0.490 e. The molecule has 1 aliphatic rings. The van der Waals surface area contributed by atoms with Gasteiger partial charge >= 0.3 is 5.69 Å². The Morgan fingerprint density at radius 3 is 2.67 bits per heavy atom. The van der Waals surface area contributed by atoms with Gasteiger partial charge in [0.1, 0.15) is 0 Å². The minimum atomic E-state index is -1.24. The lowest BCUT2D eigenvalue weighted by atomic mass is 10.1. The Morgan fingerprint density at radius 1 is 1.40 bits per heavy atom. The van der Waals surface area contributed by atoms with E-state index in [2.05, 4.69) is 15.9 Å². The molecule has 4 nitrogen and oxygen atoms in total. The number of nitro groups is 1. The van der Waals surface area contributed by atoms with Gasteiger partial charge in [0.15, 0.2) is 5.75 Å². The van der Waals surface area contributed by atoms with Crippen molar-refractivity contribution in [2.75, 3.05) is 6.61 Å². The number of hydrogen-bond acceptors (Lipinski definition) is 3. The van der Waals surface area contributed by atoms with Crippen LogP contribution in [0.1, 0.15) is 5.56 Å². The normalized spacial score (nSPS) is 13.5. The van der Waals surface area contributed by atoms with E-state index in [-0.39, 0.29) is 16.8 Å². The van der Waals surface area contributed by atoms with Crippen molar-refractivity contribution in [1.82, 2.24) is 0 Å². The second-order valence-electron chi connectivity index (χ2n) is 2.95. The minimum absolute atomic E-state index is 0.0944. The summed E-state index contributed by atoms with van der Waals surface area (Å²) in [4.78, 5) is 9.34. The van der Waals surface area contributed by atoms with Crippen LogP contribution in [0.3, 0.4) is 0 Å². The summed E-state index contributed by atoms with van der Waals surface area (Å²) >= 11 is 2.86. The maximum absolute atomic E-state index is 13.4. The fraction of sp³-hybridized carbons (Fsp3) is 0.250. The van der Waals surface area contributed by atoms with E-state index in [0.29, 0.717) is 12.0 Å². The van der Waals surface area contributed by atoms with E-state index in [0.717, 1.165) is 0 Å². The van der Waals surface area contributed by atoms with Crippen molar-refractivity contribution in [1.29, 1.82) is 0 Å². The molecule has 0 N–H and O–H groups in total. The van der Waals surface area contributed by atoms with Gasteiger partial charge in [0.2, 0.25) is 11.6 Å². The van der Waals surface area contributed by atoms with Gasteiger partial charge in [0.05, 0.1) is 16.0 Å². The molecule has 1 aliphatic heterocycles. The molecule has 0 aliphatic carbocycles. The van der Waals surface area contributed by atoms with Crippen LogP contribution in [0.25, 0.3) is 0 Å². The number of halogens is 3. The maximum Gasteiger partial charge on any atom is 0.345 e. The first-order valence-electron chi connectivity index (χ1n) is 4.00. The second kappa shape index (κ2) is 3.41. The monoisotopic (exact) mass is 279 g/mol. The van der Waals surface area contributed by atoms with E-state index in [1.54, 1.807) is 0 Å². The number of ether oxygens (including phenoxy) is 1. The van der Waals surface area contributed by atoms with E-state index >= 15 is 0 Å². The van der Waals surface area contributed by atoms with Crippen LogP contribution in [0.2, 0.25) is 0 Å². The summed E-state index contributed by atoms with van der Waals surface area (Å²) in [6, 6.07) is 0. The molecule has 7 heteroatoms. The van der Waals surface area contributed by atoms with Crippen LogP contribution in [0.15, 0.2) is 4.47 Å². The van der Waals surface area contributed by atoms with Gasteiger partial charge in [-0.1, -0.05) is 0 Å². The number of hydrogen-bond donors (Lipinski definition) is 0. The number of benzene rings is 1. The zero-order valence-corrected chi connectivity index (χ0v) is 8.81. The molecule has 0 spiro atoms. The Balaban J connectivity index is 2.79. The van der Waals surface area contributed by atoms with E-state index in [4.69, 9.17) is 4.74 Å². The second-order valence-corrected chi connectivity index (χ2v) is 3.75. The molecule has 0 saturated carbocycles. The molecule has 15 heavy (non-hydrogen) atoms. The Kier molecular flexibility index (Phi) is 2.34. The summed E-state index contributed by atoms with van der Waals surface area (Å²) < 4.78 is 31.6. The van der Waals surface area contributed by atoms with E-state index < -0.39 is 22.2 Å². The zero-order chi connectivity index (χ0) is 11.2. The molecule has 0 saturated heterocycles. The summed E-state index contributed by atoms with van der Waals surface area (Å²) in [5.41, 5.74) is -0.877. The van der Waals surface area contributed by atoms with Crippen molar-refractivity contribution in [2.45, 2.75) is 6.42 Å². The molecular weight excluding hydrogens is 276 g/mol. The SMILES string of the molecule is O=[N+]([O-])c1c(F)c(Br)c2c(c1F)OCC2. The topological polar surface area (TPSA) is 52.4 Å². The van der Waals surface area contributed by atoms with Gasteiger partial charge in [-0.3, -0.25) is 10.1 Å². The average molecular weight is 280 g/mol. The highest BCUT2D eigenvalue weighted by Gasteiger charge is 2.34. The number of fused-ring (bicyclic) bond motifs is 1. The van der Waals surface area contributed by atoms with Crippen LogP contribution in [-0.2, 0) is 6.42 Å². The molecule has 0 unspecified atom stereocenters. The first kappa shape index (κ1) is 10.3. The molecule has 0 fully saturated rings. The zero-order valence-electron chi connectivity index (χ0n) is 7.22. The Hall–Kier alpha value is -1.24. The lowest BCUT2D eigenvalue weighted by Crippen LogP contribution is -2.00. The van der Waals surface area contributed by atoms with Crippen molar-refractivity contribution in [3.05, 3.63) is 31.8 Å². The van der Waals surface area contributed by atoms with Gasteiger partial charge < -0.3 is 4.74 Å². The van der Waals surface area contributed by atoms with Crippen molar-refractivity contribution < 1.29 is 18.4 Å². The van der Waals surface area contributed by atoms with Crippen LogP contribution in [0.4, 0.5) is 14.5 Å². The van der Waals surface area contributed by atoms with Crippen LogP contribution in [-0.4, -0.2) is 11.5 Å².